The summed E-state index contributed by atoms with van der Waals surface area (Å²) in [5.74, 6) is 0.788. The number of hydrogen-bond donors (Lipinski definition) is 1. The van der Waals surface area contributed by atoms with E-state index in [2.05, 4.69) is 21.2 Å². The lowest BCUT2D eigenvalue weighted by molar-refractivity contribution is -0.117. The molecule has 0 aliphatic carbocycles. The molecular formula is C19H21Cl2N3O2. The second-order valence-electron chi connectivity index (χ2n) is 6.11. The number of halogens is 2. The lowest BCUT2D eigenvalue weighted by Gasteiger charge is -2.36. The predicted octanol–water partition coefficient (Wildman–Crippen LogP) is 3.76. The van der Waals surface area contributed by atoms with Crippen LogP contribution in [0.2, 0.25) is 10.0 Å². The number of hydrogen-bond acceptors (Lipinski definition) is 4. The van der Waals surface area contributed by atoms with Gasteiger partial charge >= 0.3 is 0 Å². The van der Waals surface area contributed by atoms with Crippen molar-refractivity contribution >= 4 is 40.5 Å². The lowest BCUT2D eigenvalue weighted by atomic mass is 10.2. The zero-order chi connectivity index (χ0) is 18.5. The number of amides is 1. The minimum absolute atomic E-state index is 0.0834. The molecule has 1 aliphatic rings. The van der Waals surface area contributed by atoms with E-state index in [1.54, 1.807) is 25.3 Å². The van der Waals surface area contributed by atoms with Gasteiger partial charge < -0.3 is 15.0 Å². The van der Waals surface area contributed by atoms with Gasteiger partial charge in [-0.2, -0.15) is 0 Å². The SMILES string of the molecule is COc1ccccc1N1CCN(CC(=O)Nc2ccc(Cl)cc2Cl)CC1. The van der Waals surface area contributed by atoms with E-state index in [1.165, 1.54) is 0 Å². The topological polar surface area (TPSA) is 44.8 Å². The fourth-order valence-corrected chi connectivity index (χ4v) is 3.48. The van der Waals surface area contributed by atoms with E-state index >= 15 is 0 Å². The van der Waals surface area contributed by atoms with Crippen molar-refractivity contribution in [1.82, 2.24) is 4.90 Å². The van der Waals surface area contributed by atoms with Crippen molar-refractivity contribution in [3.05, 3.63) is 52.5 Å². The average molecular weight is 394 g/mol. The summed E-state index contributed by atoms with van der Waals surface area (Å²) in [7, 11) is 1.68. The van der Waals surface area contributed by atoms with Crippen LogP contribution in [0.5, 0.6) is 5.75 Å². The van der Waals surface area contributed by atoms with Gasteiger partial charge in [0, 0.05) is 31.2 Å². The van der Waals surface area contributed by atoms with E-state index in [4.69, 9.17) is 27.9 Å². The minimum atomic E-state index is -0.0834. The third kappa shape index (κ3) is 4.61. The number of rotatable bonds is 5. The highest BCUT2D eigenvalue weighted by molar-refractivity contribution is 6.36. The molecule has 0 unspecified atom stereocenters. The fourth-order valence-electron chi connectivity index (χ4n) is 3.02. The molecule has 3 rings (SSSR count). The maximum atomic E-state index is 12.3. The lowest BCUT2D eigenvalue weighted by Crippen LogP contribution is -2.48. The third-order valence-electron chi connectivity index (χ3n) is 4.37. The first-order valence-electron chi connectivity index (χ1n) is 8.42. The van der Waals surface area contributed by atoms with Crippen LogP contribution in [-0.2, 0) is 4.79 Å². The van der Waals surface area contributed by atoms with Crippen LogP contribution in [0.15, 0.2) is 42.5 Å². The molecule has 7 heteroatoms. The molecule has 2 aromatic rings. The van der Waals surface area contributed by atoms with Crippen molar-refractivity contribution in [1.29, 1.82) is 0 Å². The maximum Gasteiger partial charge on any atom is 0.238 e. The summed E-state index contributed by atoms with van der Waals surface area (Å²) in [5, 5.41) is 3.82. The quantitative estimate of drug-likeness (QED) is 0.839. The van der Waals surface area contributed by atoms with Gasteiger partial charge in [-0.05, 0) is 30.3 Å². The van der Waals surface area contributed by atoms with Gasteiger partial charge in [0.15, 0.2) is 0 Å². The molecule has 1 N–H and O–H groups in total. The Bertz CT molecular complexity index is 777. The van der Waals surface area contributed by atoms with Crippen LogP contribution in [0.3, 0.4) is 0 Å². The minimum Gasteiger partial charge on any atom is -0.495 e. The van der Waals surface area contributed by atoms with E-state index < -0.39 is 0 Å². The molecule has 1 amide bonds. The number of ether oxygens (including phenoxy) is 1. The Morgan fingerprint density at radius 3 is 2.54 bits per heavy atom. The second-order valence-corrected chi connectivity index (χ2v) is 6.95. The van der Waals surface area contributed by atoms with Crippen molar-refractivity contribution in [2.24, 2.45) is 0 Å². The molecule has 2 aromatic carbocycles. The predicted molar refractivity (Wildman–Crippen MR) is 107 cm³/mol. The molecule has 0 bridgehead atoms. The fraction of sp³-hybridized carbons (Fsp3) is 0.316. The molecule has 0 aromatic heterocycles. The number of methoxy groups -OCH3 is 1. The van der Waals surface area contributed by atoms with Crippen LogP contribution in [0.25, 0.3) is 0 Å². The number of benzene rings is 2. The Hall–Kier alpha value is -1.95. The van der Waals surface area contributed by atoms with Gasteiger partial charge in [-0.15, -0.1) is 0 Å². The molecule has 138 valence electrons. The zero-order valence-electron chi connectivity index (χ0n) is 14.5. The molecule has 1 heterocycles. The number of nitrogens with one attached hydrogen (secondary N) is 1. The Morgan fingerprint density at radius 2 is 1.85 bits per heavy atom. The first-order chi connectivity index (χ1) is 12.6. The molecule has 0 saturated carbocycles. The normalized spacial score (nSPS) is 15.0. The molecule has 26 heavy (non-hydrogen) atoms. The number of nitrogens with zero attached hydrogens (tertiary/aromatic N) is 2. The second kappa shape index (κ2) is 8.62. The molecule has 1 fully saturated rings. The van der Waals surface area contributed by atoms with E-state index in [1.807, 2.05) is 18.2 Å². The summed E-state index contributed by atoms with van der Waals surface area (Å²) < 4.78 is 5.43. The van der Waals surface area contributed by atoms with Crippen molar-refractivity contribution in [2.45, 2.75) is 0 Å². The zero-order valence-corrected chi connectivity index (χ0v) is 16.1. The Morgan fingerprint density at radius 1 is 1.12 bits per heavy atom. The van der Waals surface area contributed by atoms with E-state index in [-0.39, 0.29) is 5.91 Å². The van der Waals surface area contributed by atoms with Crippen LogP contribution in [0.1, 0.15) is 0 Å². The summed E-state index contributed by atoms with van der Waals surface area (Å²) >= 11 is 12.0. The smallest absolute Gasteiger partial charge is 0.238 e. The van der Waals surface area contributed by atoms with Crippen molar-refractivity contribution < 1.29 is 9.53 Å². The van der Waals surface area contributed by atoms with Crippen molar-refractivity contribution in [3.63, 3.8) is 0 Å². The van der Waals surface area contributed by atoms with Gasteiger partial charge in [0.05, 0.1) is 30.1 Å². The third-order valence-corrected chi connectivity index (χ3v) is 4.92. The molecule has 1 saturated heterocycles. The summed E-state index contributed by atoms with van der Waals surface area (Å²) in [6.45, 7) is 3.63. The highest BCUT2D eigenvalue weighted by atomic mass is 35.5. The van der Waals surface area contributed by atoms with Gasteiger partial charge in [0.2, 0.25) is 5.91 Å². The highest BCUT2D eigenvalue weighted by Crippen LogP contribution is 2.28. The van der Waals surface area contributed by atoms with E-state index in [0.717, 1.165) is 37.6 Å². The Balaban J connectivity index is 1.53. The first kappa shape index (κ1) is 18.8. The summed E-state index contributed by atoms with van der Waals surface area (Å²) in [5.41, 5.74) is 1.67. The van der Waals surface area contributed by atoms with Crippen molar-refractivity contribution in [3.8, 4) is 5.75 Å². The monoisotopic (exact) mass is 393 g/mol. The van der Waals surface area contributed by atoms with E-state index in [0.29, 0.717) is 22.3 Å². The highest BCUT2D eigenvalue weighted by Gasteiger charge is 2.21. The maximum absolute atomic E-state index is 12.3. The summed E-state index contributed by atoms with van der Waals surface area (Å²) in [6.07, 6.45) is 0. The Kier molecular flexibility index (Phi) is 6.25. The van der Waals surface area contributed by atoms with E-state index in [9.17, 15) is 4.79 Å². The number of anilines is 2. The Labute approximate surface area is 163 Å². The van der Waals surface area contributed by atoms with Gasteiger partial charge in [0.1, 0.15) is 5.75 Å². The van der Waals surface area contributed by atoms with Crippen LogP contribution in [0, 0.1) is 0 Å². The molecule has 0 spiro atoms. The molecule has 5 nitrogen and oxygen atoms in total. The molecule has 0 atom stereocenters. The molecule has 1 aliphatic heterocycles. The van der Waals surface area contributed by atoms with Crippen LogP contribution in [0.4, 0.5) is 11.4 Å². The largest absolute Gasteiger partial charge is 0.495 e. The van der Waals surface area contributed by atoms with Gasteiger partial charge in [0.25, 0.3) is 0 Å². The first-order valence-corrected chi connectivity index (χ1v) is 9.17. The van der Waals surface area contributed by atoms with Crippen molar-refractivity contribution in [2.75, 3.05) is 50.1 Å². The van der Waals surface area contributed by atoms with Gasteiger partial charge in [-0.3, -0.25) is 9.69 Å². The van der Waals surface area contributed by atoms with Crippen LogP contribution < -0.4 is 15.0 Å². The standard InChI is InChI=1S/C19H21Cl2N3O2/c1-26-18-5-3-2-4-17(18)24-10-8-23(9-11-24)13-19(25)22-16-7-6-14(20)12-15(16)21/h2-7,12H,8-11,13H2,1H3,(H,22,25). The van der Waals surface area contributed by atoms with Crippen LogP contribution >= 0.6 is 23.2 Å². The molecular weight excluding hydrogens is 373 g/mol. The van der Waals surface area contributed by atoms with Gasteiger partial charge in [-0.25, -0.2) is 0 Å². The molecule has 0 radical (unpaired) electrons. The number of para-hydroxylation sites is 2. The average Bonchev–Trinajstić information content (AvgIpc) is 2.64. The number of carbonyl (C=O) groups is 1. The number of carbonyl (C=O) groups excluding carboxylic acids is 1. The summed E-state index contributed by atoms with van der Waals surface area (Å²) in [4.78, 5) is 16.7. The number of piperazine rings is 1. The van der Waals surface area contributed by atoms with Crippen LogP contribution in [-0.4, -0.2) is 50.6 Å². The van der Waals surface area contributed by atoms with Gasteiger partial charge in [-0.1, -0.05) is 35.3 Å². The summed E-state index contributed by atoms with van der Waals surface area (Å²) in [6, 6.07) is 13.0.